The third-order valence-electron chi connectivity index (χ3n) is 6.28. The Morgan fingerprint density at radius 2 is 1.71 bits per heavy atom. The summed E-state index contributed by atoms with van der Waals surface area (Å²) >= 11 is 0. The number of carbonyl (C=O) groups excluding carboxylic acids is 2. The third kappa shape index (κ3) is 5.12. The van der Waals surface area contributed by atoms with Crippen molar-refractivity contribution in [3.8, 4) is 5.75 Å². The number of ether oxygens (including phenoxy) is 2. The van der Waals surface area contributed by atoms with Crippen molar-refractivity contribution in [1.29, 1.82) is 0 Å². The van der Waals surface area contributed by atoms with Crippen molar-refractivity contribution in [2.45, 2.75) is 26.5 Å². The molecule has 3 aromatic rings. The van der Waals surface area contributed by atoms with Gasteiger partial charge in [0.15, 0.2) is 0 Å². The highest BCUT2D eigenvalue weighted by molar-refractivity contribution is 6.46. The Labute approximate surface area is 205 Å². The standard InChI is InChI=1S/C29H29NO5/c1-19-12-13-23(16-20(19)2)27(31)25-26(30(14-15-34-3)29(33)28(25)32)22-10-7-11-24(17-22)35-18-21-8-5-4-6-9-21/h4-13,16-17,26,31H,14-15,18H2,1-3H3/b27-25-. The number of amides is 1. The molecule has 3 aromatic carbocycles. The molecule has 1 aliphatic rings. The number of aryl methyl sites for hydroxylation is 2. The molecule has 6 nitrogen and oxygen atoms in total. The van der Waals surface area contributed by atoms with Crippen molar-refractivity contribution in [2.75, 3.05) is 20.3 Å². The van der Waals surface area contributed by atoms with Gasteiger partial charge in [0.25, 0.3) is 11.7 Å². The van der Waals surface area contributed by atoms with Crippen molar-refractivity contribution in [3.63, 3.8) is 0 Å². The number of hydrogen-bond acceptors (Lipinski definition) is 5. The lowest BCUT2D eigenvalue weighted by Crippen LogP contribution is -2.32. The van der Waals surface area contributed by atoms with Crippen LogP contribution in [0.3, 0.4) is 0 Å². The van der Waals surface area contributed by atoms with Gasteiger partial charge in [-0.15, -0.1) is 0 Å². The SMILES string of the molecule is COCCN1C(=O)C(=O)/C(=C(\O)c2ccc(C)c(C)c2)C1c1cccc(OCc2ccccc2)c1. The fourth-order valence-corrected chi connectivity index (χ4v) is 4.21. The number of aliphatic hydroxyl groups excluding tert-OH is 1. The molecule has 6 heteroatoms. The molecule has 0 bridgehead atoms. The van der Waals surface area contributed by atoms with Crippen LogP contribution in [0.25, 0.3) is 5.76 Å². The van der Waals surface area contributed by atoms with E-state index in [1.807, 2.05) is 80.6 Å². The van der Waals surface area contributed by atoms with Crippen LogP contribution in [0.4, 0.5) is 0 Å². The highest BCUT2D eigenvalue weighted by atomic mass is 16.5. The van der Waals surface area contributed by atoms with E-state index in [9.17, 15) is 14.7 Å². The minimum atomic E-state index is -0.757. The predicted octanol–water partition coefficient (Wildman–Crippen LogP) is 4.95. The fourth-order valence-electron chi connectivity index (χ4n) is 4.21. The number of rotatable bonds is 8. The molecule has 1 amide bonds. The average Bonchev–Trinajstić information content (AvgIpc) is 3.13. The zero-order valence-electron chi connectivity index (χ0n) is 20.2. The number of nitrogens with zero attached hydrogens (tertiary/aromatic N) is 1. The molecular formula is C29H29NO5. The second-order valence-corrected chi connectivity index (χ2v) is 8.63. The first-order valence-corrected chi connectivity index (χ1v) is 11.5. The number of carbonyl (C=O) groups is 2. The second-order valence-electron chi connectivity index (χ2n) is 8.63. The van der Waals surface area contributed by atoms with Gasteiger partial charge in [0.2, 0.25) is 0 Å². The van der Waals surface area contributed by atoms with Crippen LogP contribution >= 0.6 is 0 Å². The molecule has 1 atom stereocenters. The van der Waals surface area contributed by atoms with Crippen LogP contribution in [-0.4, -0.2) is 42.0 Å². The molecule has 1 N–H and O–H groups in total. The second kappa shape index (κ2) is 10.6. The molecule has 1 unspecified atom stereocenters. The Morgan fingerprint density at radius 3 is 2.43 bits per heavy atom. The summed E-state index contributed by atoms with van der Waals surface area (Å²) in [7, 11) is 1.54. The summed E-state index contributed by atoms with van der Waals surface area (Å²) in [6, 6.07) is 21.8. The monoisotopic (exact) mass is 471 g/mol. The maximum Gasteiger partial charge on any atom is 0.295 e. The first kappa shape index (κ1) is 24.2. The van der Waals surface area contributed by atoms with Crippen LogP contribution in [0.2, 0.25) is 0 Å². The maximum absolute atomic E-state index is 13.1. The Kier molecular flexibility index (Phi) is 7.32. The number of aliphatic hydroxyl groups is 1. The Hall–Kier alpha value is -3.90. The maximum atomic E-state index is 13.1. The lowest BCUT2D eigenvalue weighted by molar-refractivity contribution is -0.140. The van der Waals surface area contributed by atoms with Gasteiger partial charge < -0.3 is 19.5 Å². The van der Waals surface area contributed by atoms with Gasteiger partial charge in [0.05, 0.1) is 18.2 Å². The molecule has 0 aliphatic carbocycles. The number of benzene rings is 3. The number of methoxy groups -OCH3 is 1. The lowest BCUT2D eigenvalue weighted by atomic mass is 9.94. The number of likely N-dealkylation sites (tertiary alicyclic amines) is 1. The number of ketones is 1. The van der Waals surface area contributed by atoms with Gasteiger partial charge in [0.1, 0.15) is 18.1 Å². The van der Waals surface area contributed by atoms with E-state index in [0.29, 0.717) is 23.5 Å². The quantitative estimate of drug-likeness (QED) is 0.286. The van der Waals surface area contributed by atoms with E-state index in [-0.39, 0.29) is 24.5 Å². The average molecular weight is 472 g/mol. The molecule has 4 rings (SSSR count). The van der Waals surface area contributed by atoms with Gasteiger partial charge in [-0.05, 0) is 54.3 Å². The van der Waals surface area contributed by atoms with Crippen molar-refractivity contribution >= 4 is 17.4 Å². The Morgan fingerprint density at radius 1 is 0.943 bits per heavy atom. The van der Waals surface area contributed by atoms with Crippen LogP contribution < -0.4 is 4.74 Å². The summed E-state index contributed by atoms with van der Waals surface area (Å²) in [6.07, 6.45) is 0. The van der Waals surface area contributed by atoms with Gasteiger partial charge in [-0.3, -0.25) is 9.59 Å². The van der Waals surface area contributed by atoms with Gasteiger partial charge in [0, 0.05) is 19.2 Å². The largest absolute Gasteiger partial charge is 0.507 e. The van der Waals surface area contributed by atoms with E-state index >= 15 is 0 Å². The highest BCUT2D eigenvalue weighted by Crippen LogP contribution is 2.40. The van der Waals surface area contributed by atoms with Gasteiger partial charge in [-0.1, -0.05) is 54.6 Å². The van der Waals surface area contributed by atoms with Crippen LogP contribution in [-0.2, 0) is 20.9 Å². The van der Waals surface area contributed by atoms with E-state index in [1.54, 1.807) is 13.2 Å². The van der Waals surface area contributed by atoms with Crippen LogP contribution in [0, 0.1) is 13.8 Å². The summed E-state index contributed by atoms with van der Waals surface area (Å²) < 4.78 is 11.2. The van der Waals surface area contributed by atoms with Crippen molar-refractivity contribution in [1.82, 2.24) is 4.90 Å². The van der Waals surface area contributed by atoms with Gasteiger partial charge in [-0.2, -0.15) is 0 Å². The summed E-state index contributed by atoms with van der Waals surface area (Å²) in [5, 5.41) is 11.2. The van der Waals surface area contributed by atoms with Crippen molar-refractivity contribution in [2.24, 2.45) is 0 Å². The smallest absolute Gasteiger partial charge is 0.295 e. The molecule has 180 valence electrons. The Balaban J connectivity index is 1.75. The lowest BCUT2D eigenvalue weighted by Gasteiger charge is -2.25. The van der Waals surface area contributed by atoms with Gasteiger partial charge >= 0.3 is 0 Å². The summed E-state index contributed by atoms with van der Waals surface area (Å²) in [5.74, 6) is -0.952. The topological polar surface area (TPSA) is 76.1 Å². The highest BCUT2D eigenvalue weighted by Gasteiger charge is 2.46. The van der Waals surface area contributed by atoms with Gasteiger partial charge in [-0.25, -0.2) is 0 Å². The molecule has 35 heavy (non-hydrogen) atoms. The Bertz CT molecular complexity index is 1270. The molecule has 0 spiro atoms. The van der Waals surface area contributed by atoms with E-state index in [0.717, 1.165) is 16.7 Å². The zero-order valence-corrected chi connectivity index (χ0v) is 20.2. The third-order valence-corrected chi connectivity index (χ3v) is 6.28. The predicted molar refractivity (Wildman–Crippen MR) is 134 cm³/mol. The van der Waals surface area contributed by atoms with E-state index in [1.165, 1.54) is 4.90 Å². The van der Waals surface area contributed by atoms with E-state index in [4.69, 9.17) is 9.47 Å². The number of Topliss-reactive ketones (excluding diaryl/α,β-unsaturated/α-hetero) is 1. The summed E-state index contributed by atoms with van der Waals surface area (Å²) in [6.45, 7) is 4.77. The van der Waals surface area contributed by atoms with Crippen molar-refractivity contribution < 1.29 is 24.2 Å². The minimum absolute atomic E-state index is 0.0644. The summed E-state index contributed by atoms with van der Waals surface area (Å²) in [5.41, 5.74) is 4.32. The van der Waals surface area contributed by atoms with Crippen LogP contribution in [0.15, 0.2) is 78.4 Å². The van der Waals surface area contributed by atoms with Crippen LogP contribution in [0.5, 0.6) is 5.75 Å². The first-order chi connectivity index (χ1) is 16.9. The van der Waals surface area contributed by atoms with E-state index < -0.39 is 17.7 Å². The number of hydrogen-bond donors (Lipinski definition) is 1. The van der Waals surface area contributed by atoms with Crippen molar-refractivity contribution in [3.05, 3.63) is 106 Å². The molecule has 1 fully saturated rings. The van der Waals surface area contributed by atoms with E-state index in [2.05, 4.69) is 0 Å². The zero-order chi connectivity index (χ0) is 24.9. The molecule has 1 aliphatic heterocycles. The molecule has 1 heterocycles. The fraction of sp³-hybridized carbons (Fsp3) is 0.241. The first-order valence-electron chi connectivity index (χ1n) is 11.5. The molecule has 0 aromatic heterocycles. The molecule has 1 saturated heterocycles. The normalized spacial score (nSPS) is 17.1. The minimum Gasteiger partial charge on any atom is -0.507 e. The molecule has 0 saturated carbocycles. The van der Waals surface area contributed by atoms with Crippen LogP contribution in [0.1, 0.15) is 33.9 Å². The molecule has 0 radical (unpaired) electrons. The molecular weight excluding hydrogens is 442 g/mol. The summed E-state index contributed by atoms with van der Waals surface area (Å²) in [4.78, 5) is 27.6.